The molecule has 0 spiro atoms. The van der Waals surface area contributed by atoms with Crippen LogP contribution in [-0.2, 0) is 14.3 Å². The molecule has 0 bridgehead atoms. The van der Waals surface area contributed by atoms with Crippen LogP contribution >= 0.6 is 11.6 Å². The maximum Gasteiger partial charge on any atom is 0.340 e. The lowest BCUT2D eigenvalue weighted by molar-refractivity contribution is -0.136. The van der Waals surface area contributed by atoms with E-state index in [2.05, 4.69) is 0 Å². The maximum atomic E-state index is 13.5. The van der Waals surface area contributed by atoms with Gasteiger partial charge in [0.25, 0.3) is 5.91 Å². The molecule has 0 saturated carbocycles. The summed E-state index contributed by atoms with van der Waals surface area (Å²) < 4.78 is 16.5. The van der Waals surface area contributed by atoms with E-state index in [1.54, 1.807) is 37.3 Å². The highest BCUT2D eigenvalue weighted by Gasteiger charge is 2.38. The monoisotopic (exact) mass is 469 g/mol. The molecule has 2 aromatic carbocycles. The molecule has 0 atom stereocenters. The van der Waals surface area contributed by atoms with Crippen LogP contribution < -0.4 is 14.4 Å². The molecule has 7 heteroatoms. The van der Waals surface area contributed by atoms with Crippen LogP contribution in [0.5, 0.6) is 11.5 Å². The fraction of sp³-hybridized carbons (Fsp3) is 0.308. The molecule has 0 aliphatic carbocycles. The average molecular weight is 470 g/mol. The molecule has 33 heavy (non-hydrogen) atoms. The van der Waals surface area contributed by atoms with E-state index in [9.17, 15) is 9.59 Å². The number of amides is 1. The third kappa shape index (κ3) is 5.06. The minimum absolute atomic E-state index is 0.212. The Balaban J connectivity index is 2.08. The first-order chi connectivity index (χ1) is 15.8. The second-order valence-electron chi connectivity index (χ2n) is 7.57. The van der Waals surface area contributed by atoms with E-state index in [1.807, 2.05) is 32.9 Å². The van der Waals surface area contributed by atoms with Gasteiger partial charge in [0.05, 0.1) is 37.2 Å². The van der Waals surface area contributed by atoms with Crippen LogP contribution in [0.25, 0.3) is 6.08 Å². The highest BCUT2D eigenvalue weighted by Crippen LogP contribution is 2.37. The van der Waals surface area contributed by atoms with Gasteiger partial charge >= 0.3 is 5.97 Å². The van der Waals surface area contributed by atoms with Crippen molar-refractivity contribution in [3.05, 3.63) is 69.4 Å². The lowest BCUT2D eigenvalue weighted by atomic mass is 10.0. The molecule has 1 amide bonds. The molecule has 2 aromatic rings. The van der Waals surface area contributed by atoms with Crippen molar-refractivity contribution < 1.29 is 23.8 Å². The smallest absolute Gasteiger partial charge is 0.340 e. The summed E-state index contributed by atoms with van der Waals surface area (Å²) in [6, 6.07) is 10.8. The summed E-state index contributed by atoms with van der Waals surface area (Å²) >= 11 is 6.29. The molecule has 6 nitrogen and oxygen atoms in total. The molecule has 0 saturated heterocycles. The summed E-state index contributed by atoms with van der Waals surface area (Å²) in [5.41, 5.74) is 3.10. The predicted octanol–water partition coefficient (Wildman–Crippen LogP) is 5.71. The largest absolute Gasteiger partial charge is 0.490 e. The molecule has 3 rings (SSSR count). The van der Waals surface area contributed by atoms with E-state index >= 15 is 0 Å². The molecule has 0 aromatic heterocycles. The van der Waals surface area contributed by atoms with E-state index in [0.717, 1.165) is 12.0 Å². The van der Waals surface area contributed by atoms with Crippen molar-refractivity contribution >= 4 is 35.2 Å². The average Bonchev–Trinajstić information content (AvgIpc) is 3.04. The van der Waals surface area contributed by atoms with Crippen molar-refractivity contribution in [2.24, 2.45) is 0 Å². The minimum atomic E-state index is -0.583. The van der Waals surface area contributed by atoms with E-state index in [0.29, 0.717) is 46.7 Å². The highest BCUT2D eigenvalue weighted by molar-refractivity contribution is 6.32. The van der Waals surface area contributed by atoms with Gasteiger partial charge < -0.3 is 14.2 Å². The van der Waals surface area contributed by atoms with Gasteiger partial charge in [-0.2, -0.15) is 0 Å². The van der Waals surface area contributed by atoms with Gasteiger partial charge in [-0.25, -0.2) is 4.79 Å². The van der Waals surface area contributed by atoms with Gasteiger partial charge in [0.1, 0.15) is 0 Å². The first kappa shape index (κ1) is 24.4. The van der Waals surface area contributed by atoms with E-state index in [-0.39, 0.29) is 17.1 Å². The molecule has 1 aliphatic rings. The fourth-order valence-electron chi connectivity index (χ4n) is 3.59. The molecule has 0 unspecified atom stereocenters. The summed E-state index contributed by atoms with van der Waals surface area (Å²) in [7, 11) is 1.29. The third-order valence-electron chi connectivity index (χ3n) is 5.24. The van der Waals surface area contributed by atoms with Crippen molar-refractivity contribution in [3.63, 3.8) is 0 Å². The second kappa shape index (κ2) is 10.6. The van der Waals surface area contributed by atoms with E-state index in [4.69, 9.17) is 25.8 Å². The fourth-order valence-corrected chi connectivity index (χ4v) is 3.77. The number of anilines is 1. The van der Waals surface area contributed by atoms with Gasteiger partial charge in [0.15, 0.2) is 11.5 Å². The standard InChI is InChI=1S/C26H28ClNO5/c1-6-12-33-22-11-9-18(14-23(22)32-7-2)13-20-24(26(30)31-5)17(4)28(25(20)29)19-10-8-16(3)21(27)15-19/h8-11,13-15H,6-7,12H2,1-5H3/b20-13-. The second-order valence-corrected chi connectivity index (χ2v) is 7.98. The van der Waals surface area contributed by atoms with Crippen molar-refractivity contribution in [2.45, 2.75) is 34.1 Å². The summed E-state index contributed by atoms with van der Waals surface area (Å²) in [6.07, 6.45) is 2.54. The Morgan fingerprint density at radius 1 is 1.06 bits per heavy atom. The number of hydrogen-bond acceptors (Lipinski definition) is 5. The number of carbonyl (C=O) groups excluding carboxylic acids is 2. The Kier molecular flexibility index (Phi) is 7.82. The maximum absolute atomic E-state index is 13.5. The number of carbonyl (C=O) groups is 2. The zero-order valence-corrected chi connectivity index (χ0v) is 20.3. The Morgan fingerprint density at radius 3 is 2.45 bits per heavy atom. The van der Waals surface area contributed by atoms with Gasteiger partial charge in [0.2, 0.25) is 0 Å². The van der Waals surface area contributed by atoms with Gasteiger partial charge in [-0.3, -0.25) is 9.69 Å². The molecule has 0 fully saturated rings. The van der Waals surface area contributed by atoms with E-state index in [1.165, 1.54) is 12.0 Å². The molecule has 1 aliphatic heterocycles. The number of benzene rings is 2. The lowest BCUT2D eigenvalue weighted by Gasteiger charge is -2.18. The van der Waals surface area contributed by atoms with Gasteiger partial charge in [-0.15, -0.1) is 0 Å². The van der Waals surface area contributed by atoms with Crippen LogP contribution in [0.2, 0.25) is 5.02 Å². The van der Waals surface area contributed by atoms with Gasteiger partial charge in [0, 0.05) is 10.7 Å². The summed E-state index contributed by atoms with van der Waals surface area (Å²) in [5, 5.41) is 0.536. The first-order valence-corrected chi connectivity index (χ1v) is 11.2. The van der Waals surface area contributed by atoms with Crippen LogP contribution in [-0.4, -0.2) is 32.2 Å². The Labute approximate surface area is 199 Å². The Hall–Kier alpha value is -3.25. The zero-order valence-electron chi connectivity index (χ0n) is 19.5. The quantitative estimate of drug-likeness (QED) is 0.366. The number of esters is 1. The molecular formula is C26H28ClNO5. The van der Waals surface area contributed by atoms with Crippen LogP contribution in [0.3, 0.4) is 0 Å². The molecular weight excluding hydrogens is 442 g/mol. The summed E-state index contributed by atoms with van der Waals surface area (Å²) in [6.45, 7) is 8.56. The number of halogens is 1. The third-order valence-corrected chi connectivity index (χ3v) is 5.65. The first-order valence-electron chi connectivity index (χ1n) is 10.8. The van der Waals surface area contributed by atoms with E-state index < -0.39 is 5.97 Å². The van der Waals surface area contributed by atoms with Crippen molar-refractivity contribution in [3.8, 4) is 11.5 Å². The number of methoxy groups -OCH3 is 1. The number of allylic oxidation sites excluding steroid dienone is 1. The molecule has 174 valence electrons. The Morgan fingerprint density at radius 2 is 1.82 bits per heavy atom. The summed E-state index contributed by atoms with van der Waals surface area (Å²) in [5.74, 6) is 0.292. The number of nitrogens with zero attached hydrogens (tertiary/aromatic N) is 1. The SMILES string of the molecule is CCCOc1ccc(/C=C2\C(=O)N(c3ccc(C)c(Cl)c3)C(C)=C2C(=O)OC)cc1OCC. The predicted molar refractivity (Wildman–Crippen MR) is 130 cm³/mol. The van der Waals surface area contributed by atoms with Crippen LogP contribution in [0, 0.1) is 6.92 Å². The van der Waals surface area contributed by atoms with Crippen molar-refractivity contribution in [1.82, 2.24) is 0 Å². The zero-order chi connectivity index (χ0) is 24.1. The normalized spacial score (nSPS) is 14.8. The number of hydrogen-bond donors (Lipinski definition) is 0. The lowest BCUT2D eigenvalue weighted by Crippen LogP contribution is -2.24. The van der Waals surface area contributed by atoms with Gasteiger partial charge in [-0.1, -0.05) is 30.7 Å². The summed E-state index contributed by atoms with van der Waals surface area (Å²) in [4.78, 5) is 27.6. The van der Waals surface area contributed by atoms with Crippen LogP contribution in [0.15, 0.2) is 53.2 Å². The number of aryl methyl sites for hydroxylation is 1. The van der Waals surface area contributed by atoms with Crippen LogP contribution in [0.4, 0.5) is 5.69 Å². The topological polar surface area (TPSA) is 65.1 Å². The Bertz CT molecular complexity index is 1140. The van der Waals surface area contributed by atoms with Crippen molar-refractivity contribution in [1.29, 1.82) is 0 Å². The highest BCUT2D eigenvalue weighted by atomic mass is 35.5. The molecule has 1 heterocycles. The molecule has 0 radical (unpaired) electrons. The van der Waals surface area contributed by atoms with Gasteiger partial charge in [-0.05, 0) is 68.7 Å². The number of rotatable bonds is 8. The number of ether oxygens (including phenoxy) is 3. The van der Waals surface area contributed by atoms with Crippen LogP contribution in [0.1, 0.15) is 38.3 Å². The van der Waals surface area contributed by atoms with Crippen molar-refractivity contribution in [2.75, 3.05) is 25.2 Å². The molecule has 0 N–H and O–H groups in total. The minimum Gasteiger partial charge on any atom is -0.490 e.